The van der Waals surface area contributed by atoms with E-state index in [0.717, 1.165) is 11.1 Å². The van der Waals surface area contributed by atoms with Crippen molar-refractivity contribution in [2.75, 3.05) is 0 Å². The highest BCUT2D eigenvalue weighted by molar-refractivity contribution is 7.91. The van der Waals surface area contributed by atoms with Crippen LogP contribution in [0.4, 0.5) is 0 Å². The second-order valence-electron chi connectivity index (χ2n) is 6.98. The highest BCUT2D eigenvalue weighted by Gasteiger charge is 2.20. The molecule has 0 aliphatic carbocycles. The molecule has 0 N–H and O–H groups in total. The lowest BCUT2D eigenvalue weighted by molar-refractivity contribution is 0.0982. The van der Waals surface area contributed by atoms with Gasteiger partial charge in [0.05, 0.1) is 20.4 Å². The van der Waals surface area contributed by atoms with E-state index in [1.54, 1.807) is 59.4 Å². The molecular formula is C22H18ClN3O3S. The van der Waals surface area contributed by atoms with E-state index in [1.807, 2.05) is 6.92 Å². The molecule has 0 bridgehead atoms. The van der Waals surface area contributed by atoms with Gasteiger partial charge in [0, 0.05) is 31.2 Å². The number of carbonyl (C=O) groups is 1. The standard InChI is InChI=1S/C22H18ClN3O3S/c1-15-2-9-21(19(23)12-15)30(28,29)18-6-3-16(4-7-18)5-8-20(27)17-13-25-22-24-10-11-26(22)14-17/h2-4,6-7,9-14H,5,8H2,1H3. The first-order valence-electron chi connectivity index (χ1n) is 9.27. The van der Waals surface area contributed by atoms with Crippen molar-refractivity contribution in [1.82, 2.24) is 14.4 Å². The molecule has 2 aromatic carbocycles. The minimum atomic E-state index is -3.71. The van der Waals surface area contributed by atoms with E-state index >= 15 is 0 Å². The average molecular weight is 440 g/mol. The number of sulfone groups is 1. The first-order chi connectivity index (χ1) is 14.3. The maximum absolute atomic E-state index is 12.9. The maximum atomic E-state index is 12.9. The molecule has 8 heteroatoms. The van der Waals surface area contributed by atoms with Gasteiger partial charge in [0.25, 0.3) is 0 Å². The minimum Gasteiger partial charge on any atom is -0.294 e. The number of fused-ring (bicyclic) bond motifs is 1. The molecule has 152 valence electrons. The highest BCUT2D eigenvalue weighted by Crippen LogP contribution is 2.28. The summed E-state index contributed by atoms with van der Waals surface area (Å²) < 4.78 is 27.4. The number of benzene rings is 2. The van der Waals surface area contributed by atoms with Crippen molar-refractivity contribution >= 4 is 33.0 Å². The quantitative estimate of drug-likeness (QED) is 0.417. The molecule has 4 aromatic rings. The van der Waals surface area contributed by atoms with Gasteiger partial charge in [-0.25, -0.2) is 18.4 Å². The second kappa shape index (κ2) is 8.01. The lowest BCUT2D eigenvalue weighted by Crippen LogP contribution is -2.05. The third-order valence-electron chi connectivity index (χ3n) is 4.82. The Labute approximate surface area is 179 Å². The van der Waals surface area contributed by atoms with Crippen LogP contribution in [-0.4, -0.2) is 28.6 Å². The SMILES string of the molecule is Cc1ccc(S(=O)(=O)c2ccc(CCC(=O)c3cnc4nccn4c3)cc2)c(Cl)c1. The Morgan fingerprint density at radius 2 is 1.87 bits per heavy atom. The zero-order valence-corrected chi connectivity index (χ0v) is 17.7. The number of carbonyl (C=O) groups excluding carboxylic acids is 1. The molecule has 6 nitrogen and oxygen atoms in total. The van der Waals surface area contributed by atoms with Crippen molar-refractivity contribution < 1.29 is 13.2 Å². The van der Waals surface area contributed by atoms with Crippen LogP contribution in [0.25, 0.3) is 5.78 Å². The largest absolute Gasteiger partial charge is 0.294 e. The molecule has 0 radical (unpaired) electrons. The Morgan fingerprint density at radius 3 is 2.60 bits per heavy atom. The highest BCUT2D eigenvalue weighted by atomic mass is 35.5. The smallest absolute Gasteiger partial charge is 0.233 e. The van der Waals surface area contributed by atoms with Gasteiger partial charge in [0.2, 0.25) is 15.6 Å². The van der Waals surface area contributed by atoms with Crippen LogP contribution in [0, 0.1) is 6.92 Å². The van der Waals surface area contributed by atoms with Crippen LogP contribution in [0.15, 0.2) is 77.0 Å². The van der Waals surface area contributed by atoms with E-state index < -0.39 is 9.84 Å². The van der Waals surface area contributed by atoms with Crippen molar-refractivity contribution in [1.29, 1.82) is 0 Å². The molecule has 0 saturated heterocycles. The summed E-state index contributed by atoms with van der Waals surface area (Å²) in [6.07, 6.45) is 7.36. The van der Waals surface area contributed by atoms with E-state index in [2.05, 4.69) is 9.97 Å². The average Bonchev–Trinajstić information content (AvgIpc) is 3.20. The molecule has 0 aliphatic heterocycles. The topological polar surface area (TPSA) is 81.4 Å². The molecule has 4 rings (SSSR count). The van der Waals surface area contributed by atoms with Gasteiger partial charge in [-0.15, -0.1) is 0 Å². The van der Waals surface area contributed by atoms with E-state index in [0.29, 0.717) is 17.8 Å². The fourth-order valence-electron chi connectivity index (χ4n) is 3.15. The molecule has 0 unspecified atom stereocenters. The van der Waals surface area contributed by atoms with Crippen LogP contribution in [0.3, 0.4) is 0 Å². The summed E-state index contributed by atoms with van der Waals surface area (Å²) in [5.74, 6) is 0.498. The molecule has 0 saturated carbocycles. The number of ketones is 1. The Morgan fingerprint density at radius 1 is 1.10 bits per heavy atom. The number of hydrogen-bond donors (Lipinski definition) is 0. The predicted octanol–water partition coefficient (Wildman–Crippen LogP) is 4.34. The minimum absolute atomic E-state index is 0.0405. The fourth-order valence-corrected chi connectivity index (χ4v) is 5.00. The number of hydrogen-bond acceptors (Lipinski definition) is 5. The van der Waals surface area contributed by atoms with Gasteiger partial charge in [-0.1, -0.05) is 29.8 Å². The molecule has 0 atom stereocenters. The second-order valence-corrected chi connectivity index (χ2v) is 9.31. The van der Waals surface area contributed by atoms with Crippen LogP contribution in [0.1, 0.15) is 27.9 Å². The Hall–Kier alpha value is -3.03. The van der Waals surface area contributed by atoms with E-state index in [4.69, 9.17) is 11.6 Å². The van der Waals surface area contributed by atoms with Gasteiger partial charge in [-0.05, 0) is 48.7 Å². The van der Waals surface area contributed by atoms with Crippen LogP contribution in [-0.2, 0) is 16.3 Å². The number of Topliss-reactive ketones (excluding diaryl/α,β-unsaturated/α-hetero) is 1. The fraction of sp³-hybridized carbons (Fsp3) is 0.136. The van der Waals surface area contributed by atoms with E-state index in [1.165, 1.54) is 12.3 Å². The number of imidazole rings is 1. The summed E-state index contributed by atoms with van der Waals surface area (Å²) in [6, 6.07) is 11.4. The molecule has 0 spiro atoms. The van der Waals surface area contributed by atoms with Gasteiger partial charge in [0.1, 0.15) is 0 Å². The number of aromatic nitrogens is 3. The van der Waals surface area contributed by atoms with Crippen LogP contribution in [0.5, 0.6) is 0 Å². The van der Waals surface area contributed by atoms with Gasteiger partial charge in [-0.2, -0.15) is 0 Å². The molecule has 0 aliphatic rings. The number of nitrogens with zero attached hydrogens (tertiary/aromatic N) is 3. The number of halogens is 1. The number of rotatable bonds is 6. The van der Waals surface area contributed by atoms with Gasteiger partial charge < -0.3 is 0 Å². The van der Waals surface area contributed by atoms with E-state index in [-0.39, 0.29) is 27.0 Å². The zero-order chi connectivity index (χ0) is 21.3. The molecule has 2 aromatic heterocycles. The summed E-state index contributed by atoms with van der Waals surface area (Å²) in [5.41, 5.74) is 2.27. The van der Waals surface area contributed by atoms with Crippen LogP contribution in [0.2, 0.25) is 5.02 Å². The molecule has 0 fully saturated rings. The zero-order valence-electron chi connectivity index (χ0n) is 16.1. The Kier molecular flexibility index (Phi) is 5.40. The number of aryl methyl sites for hydroxylation is 2. The molecular weight excluding hydrogens is 422 g/mol. The van der Waals surface area contributed by atoms with Crippen molar-refractivity contribution in [3.8, 4) is 0 Å². The molecule has 2 heterocycles. The molecule has 0 amide bonds. The summed E-state index contributed by atoms with van der Waals surface area (Å²) in [5, 5.41) is 0.202. The van der Waals surface area contributed by atoms with Crippen LogP contribution < -0.4 is 0 Å². The summed E-state index contributed by atoms with van der Waals surface area (Å²) in [4.78, 5) is 20.9. The first-order valence-corrected chi connectivity index (χ1v) is 11.1. The summed E-state index contributed by atoms with van der Waals surface area (Å²) in [6.45, 7) is 1.85. The first kappa shape index (κ1) is 20.3. The van der Waals surface area contributed by atoms with Crippen LogP contribution >= 0.6 is 11.6 Å². The lowest BCUT2D eigenvalue weighted by atomic mass is 10.0. The van der Waals surface area contributed by atoms with Gasteiger partial charge >= 0.3 is 0 Å². The third kappa shape index (κ3) is 3.99. The van der Waals surface area contributed by atoms with Crippen molar-refractivity contribution in [2.24, 2.45) is 0 Å². The lowest BCUT2D eigenvalue weighted by Gasteiger charge is -2.08. The summed E-state index contributed by atoms with van der Waals surface area (Å²) in [7, 11) is -3.71. The summed E-state index contributed by atoms with van der Waals surface area (Å²) >= 11 is 6.14. The Balaban J connectivity index is 1.47. The Bertz CT molecular complexity index is 1350. The van der Waals surface area contributed by atoms with Crippen molar-refractivity contribution in [2.45, 2.75) is 29.6 Å². The van der Waals surface area contributed by atoms with Crippen molar-refractivity contribution in [3.05, 3.63) is 89.0 Å². The third-order valence-corrected chi connectivity index (χ3v) is 7.07. The molecule has 30 heavy (non-hydrogen) atoms. The van der Waals surface area contributed by atoms with E-state index in [9.17, 15) is 13.2 Å². The van der Waals surface area contributed by atoms with Crippen molar-refractivity contribution in [3.63, 3.8) is 0 Å². The normalized spacial score (nSPS) is 11.7. The van der Waals surface area contributed by atoms with Gasteiger partial charge in [-0.3, -0.25) is 9.20 Å². The monoisotopic (exact) mass is 439 g/mol. The maximum Gasteiger partial charge on any atom is 0.233 e. The van der Waals surface area contributed by atoms with Gasteiger partial charge in [0.15, 0.2) is 5.78 Å². The predicted molar refractivity (Wildman–Crippen MR) is 114 cm³/mol.